The lowest BCUT2D eigenvalue weighted by atomic mass is 10.4. The molecule has 0 aromatic carbocycles. The molecular formula is C7H8ClN5OS. The van der Waals surface area contributed by atoms with Crippen LogP contribution < -0.4 is 5.32 Å². The topological polar surface area (TPSA) is 76.7 Å². The van der Waals surface area contributed by atoms with Crippen molar-refractivity contribution in [3.63, 3.8) is 0 Å². The quantitative estimate of drug-likeness (QED) is 0.881. The maximum atomic E-state index is 5.75. The monoisotopic (exact) mass is 245 g/mol. The predicted molar refractivity (Wildman–Crippen MR) is 56.1 cm³/mol. The second kappa shape index (κ2) is 4.54. The normalized spacial score (nSPS) is 10.5. The summed E-state index contributed by atoms with van der Waals surface area (Å²) in [6.45, 7) is 2.41. The van der Waals surface area contributed by atoms with Crippen LogP contribution in [0, 0.1) is 6.92 Å². The van der Waals surface area contributed by atoms with E-state index in [1.165, 1.54) is 0 Å². The lowest BCUT2D eigenvalue weighted by Gasteiger charge is -1.98. The van der Waals surface area contributed by atoms with Gasteiger partial charge in [0.15, 0.2) is 16.8 Å². The van der Waals surface area contributed by atoms with Crippen LogP contribution in [-0.4, -0.2) is 25.4 Å². The standard InChI is InChI=1S/C7H8ClN5OS/c1-4-10-5(14-11-4)2-3-9-7-6(8)12-15-13-7/h2-3H2,1H3,(H,9,13). The Kier molecular flexibility index (Phi) is 3.12. The first-order valence-electron chi connectivity index (χ1n) is 4.27. The van der Waals surface area contributed by atoms with Gasteiger partial charge in [-0.2, -0.15) is 13.7 Å². The minimum atomic E-state index is 0.390. The van der Waals surface area contributed by atoms with E-state index in [-0.39, 0.29) is 0 Å². The molecule has 1 N–H and O–H groups in total. The summed E-state index contributed by atoms with van der Waals surface area (Å²) < 4.78 is 12.7. The molecule has 0 fully saturated rings. The zero-order chi connectivity index (χ0) is 10.7. The molecule has 15 heavy (non-hydrogen) atoms. The van der Waals surface area contributed by atoms with Gasteiger partial charge in [-0.15, -0.1) is 0 Å². The number of halogens is 1. The van der Waals surface area contributed by atoms with Gasteiger partial charge in [-0.3, -0.25) is 0 Å². The summed E-state index contributed by atoms with van der Waals surface area (Å²) >= 11 is 6.82. The van der Waals surface area contributed by atoms with Crippen molar-refractivity contribution in [2.24, 2.45) is 0 Å². The fraction of sp³-hybridized carbons (Fsp3) is 0.429. The van der Waals surface area contributed by atoms with Crippen molar-refractivity contribution in [2.75, 3.05) is 11.9 Å². The van der Waals surface area contributed by atoms with Crippen molar-refractivity contribution in [2.45, 2.75) is 13.3 Å². The van der Waals surface area contributed by atoms with Crippen LogP contribution in [0.3, 0.4) is 0 Å². The molecule has 0 aliphatic rings. The molecule has 0 unspecified atom stereocenters. The molecular weight excluding hydrogens is 238 g/mol. The van der Waals surface area contributed by atoms with Crippen LogP contribution in [0.2, 0.25) is 5.15 Å². The van der Waals surface area contributed by atoms with E-state index in [0.29, 0.717) is 35.7 Å². The highest BCUT2D eigenvalue weighted by molar-refractivity contribution is 6.99. The smallest absolute Gasteiger partial charge is 0.228 e. The molecule has 0 atom stereocenters. The van der Waals surface area contributed by atoms with Crippen LogP contribution in [0.15, 0.2) is 4.52 Å². The average molecular weight is 246 g/mol. The van der Waals surface area contributed by atoms with E-state index in [1.807, 2.05) is 0 Å². The van der Waals surface area contributed by atoms with Crippen molar-refractivity contribution < 1.29 is 4.52 Å². The van der Waals surface area contributed by atoms with Crippen LogP contribution in [-0.2, 0) is 6.42 Å². The Morgan fingerprint density at radius 1 is 1.47 bits per heavy atom. The minimum absolute atomic E-state index is 0.390. The number of aryl methyl sites for hydroxylation is 1. The van der Waals surface area contributed by atoms with Crippen molar-refractivity contribution in [1.29, 1.82) is 0 Å². The Hall–Kier alpha value is -1.21. The Morgan fingerprint density at radius 3 is 2.93 bits per heavy atom. The van der Waals surface area contributed by atoms with Gasteiger partial charge in [0.1, 0.15) is 0 Å². The number of hydrogen-bond donors (Lipinski definition) is 1. The Morgan fingerprint density at radius 2 is 2.33 bits per heavy atom. The average Bonchev–Trinajstić information content (AvgIpc) is 2.77. The number of anilines is 1. The molecule has 0 saturated heterocycles. The van der Waals surface area contributed by atoms with E-state index in [2.05, 4.69) is 24.2 Å². The van der Waals surface area contributed by atoms with E-state index in [0.717, 1.165) is 11.7 Å². The summed E-state index contributed by atoms with van der Waals surface area (Å²) in [6.07, 6.45) is 0.634. The van der Waals surface area contributed by atoms with Crippen molar-refractivity contribution in [3.8, 4) is 0 Å². The Bertz CT molecular complexity index is 442. The molecule has 0 aliphatic heterocycles. The summed E-state index contributed by atoms with van der Waals surface area (Å²) in [5.74, 6) is 1.83. The summed E-state index contributed by atoms with van der Waals surface area (Å²) in [7, 11) is 0. The van der Waals surface area contributed by atoms with Gasteiger partial charge in [-0.25, -0.2) is 0 Å². The van der Waals surface area contributed by atoms with Gasteiger partial charge in [0.2, 0.25) is 5.89 Å². The molecule has 0 spiro atoms. The first kappa shape index (κ1) is 10.3. The fourth-order valence-corrected chi connectivity index (χ4v) is 1.70. The van der Waals surface area contributed by atoms with Gasteiger partial charge in [-0.1, -0.05) is 16.8 Å². The largest absolute Gasteiger partial charge is 0.366 e. The van der Waals surface area contributed by atoms with Crippen LogP contribution in [0.5, 0.6) is 0 Å². The van der Waals surface area contributed by atoms with E-state index < -0.39 is 0 Å². The lowest BCUT2D eigenvalue weighted by molar-refractivity contribution is 0.377. The van der Waals surface area contributed by atoms with Gasteiger partial charge in [0.25, 0.3) is 0 Å². The number of nitrogens with one attached hydrogen (secondary N) is 1. The van der Waals surface area contributed by atoms with Crippen molar-refractivity contribution in [1.82, 2.24) is 18.9 Å². The Labute approximate surface area is 95.0 Å². The van der Waals surface area contributed by atoms with Crippen LogP contribution in [0.1, 0.15) is 11.7 Å². The molecule has 0 saturated carbocycles. The molecule has 8 heteroatoms. The van der Waals surface area contributed by atoms with Gasteiger partial charge < -0.3 is 9.84 Å². The summed E-state index contributed by atoms with van der Waals surface area (Å²) in [5, 5.41) is 7.10. The first-order chi connectivity index (χ1) is 7.25. The maximum absolute atomic E-state index is 5.75. The molecule has 0 aliphatic carbocycles. The number of nitrogens with zero attached hydrogens (tertiary/aromatic N) is 4. The first-order valence-corrected chi connectivity index (χ1v) is 5.37. The molecule has 0 bridgehead atoms. The van der Waals surface area contributed by atoms with Gasteiger partial charge in [-0.05, 0) is 6.92 Å². The third kappa shape index (κ3) is 2.63. The van der Waals surface area contributed by atoms with Gasteiger partial charge in [0.05, 0.1) is 11.7 Å². The highest BCUT2D eigenvalue weighted by Gasteiger charge is 2.06. The summed E-state index contributed by atoms with van der Waals surface area (Å²) in [4.78, 5) is 4.07. The highest BCUT2D eigenvalue weighted by Crippen LogP contribution is 2.17. The van der Waals surface area contributed by atoms with Crippen LogP contribution in [0.25, 0.3) is 0 Å². The second-order valence-electron chi connectivity index (χ2n) is 2.82. The van der Waals surface area contributed by atoms with E-state index in [1.54, 1.807) is 6.92 Å². The predicted octanol–water partition coefficient (Wildman–Crippen LogP) is 1.54. The highest BCUT2D eigenvalue weighted by atomic mass is 35.5. The molecule has 2 rings (SSSR count). The number of rotatable bonds is 4. The minimum Gasteiger partial charge on any atom is -0.366 e. The molecule has 2 aromatic heterocycles. The third-order valence-electron chi connectivity index (χ3n) is 1.65. The molecule has 6 nitrogen and oxygen atoms in total. The van der Waals surface area contributed by atoms with Crippen molar-refractivity contribution >= 4 is 29.1 Å². The number of hydrogen-bond acceptors (Lipinski definition) is 7. The molecule has 0 amide bonds. The summed E-state index contributed by atoms with van der Waals surface area (Å²) in [5.41, 5.74) is 0. The zero-order valence-electron chi connectivity index (χ0n) is 7.90. The summed E-state index contributed by atoms with van der Waals surface area (Å²) in [6, 6.07) is 0. The Balaban J connectivity index is 1.83. The molecule has 80 valence electrons. The molecule has 2 aromatic rings. The maximum Gasteiger partial charge on any atom is 0.228 e. The zero-order valence-corrected chi connectivity index (χ0v) is 9.47. The van der Waals surface area contributed by atoms with Crippen molar-refractivity contribution in [3.05, 3.63) is 16.9 Å². The van der Waals surface area contributed by atoms with E-state index in [4.69, 9.17) is 16.1 Å². The number of aromatic nitrogens is 4. The van der Waals surface area contributed by atoms with Crippen LogP contribution >= 0.6 is 23.3 Å². The fourth-order valence-electron chi connectivity index (χ4n) is 1.01. The SMILES string of the molecule is Cc1noc(CCNc2nsnc2Cl)n1. The lowest BCUT2D eigenvalue weighted by Crippen LogP contribution is -2.05. The van der Waals surface area contributed by atoms with Gasteiger partial charge in [0, 0.05) is 13.0 Å². The molecule has 0 radical (unpaired) electrons. The van der Waals surface area contributed by atoms with E-state index >= 15 is 0 Å². The second-order valence-corrected chi connectivity index (χ2v) is 3.70. The van der Waals surface area contributed by atoms with Gasteiger partial charge >= 0.3 is 0 Å². The van der Waals surface area contributed by atoms with E-state index in [9.17, 15) is 0 Å². The molecule has 2 heterocycles. The third-order valence-corrected chi connectivity index (χ3v) is 2.54. The van der Waals surface area contributed by atoms with Crippen LogP contribution in [0.4, 0.5) is 5.82 Å².